The standard InChI is InChI=1S/C16H36N4.HI/c1-4-5-6-10-13-18-16(17)19-14-11-8-7-9-12-15-20(2)3;/h4-15H2,1-3H3,(H3,17,18,19);1H. The first-order valence-corrected chi connectivity index (χ1v) is 8.35. The maximum absolute atomic E-state index is 5.82. The number of nitrogens with zero attached hydrogens (tertiary/aromatic N) is 2. The van der Waals surface area contributed by atoms with E-state index in [1.165, 1.54) is 57.9 Å². The van der Waals surface area contributed by atoms with Crippen molar-refractivity contribution in [3.05, 3.63) is 0 Å². The van der Waals surface area contributed by atoms with E-state index in [1.807, 2.05) is 0 Å². The molecule has 3 N–H and O–H groups in total. The minimum Gasteiger partial charge on any atom is -0.370 e. The molecule has 0 amide bonds. The average Bonchev–Trinajstić information content (AvgIpc) is 2.41. The van der Waals surface area contributed by atoms with Crippen molar-refractivity contribution >= 4 is 29.9 Å². The Morgan fingerprint density at radius 1 is 0.952 bits per heavy atom. The quantitative estimate of drug-likeness (QED) is 0.210. The molecule has 0 aromatic heterocycles. The van der Waals surface area contributed by atoms with E-state index in [9.17, 15) is 0 Å². The van der Waals surface area contributed by atoms with Crippen LogP contribution in [0.15, 0.2) is 4.99 Å². The van der Waals surface area contributed by atoms with Crippen molar-refractivity contribution in [3.8, 4) is 0 Å². The molecule has 0 fully saturated rings. The lowest BCUT2D eigenvalue weighted by Gasteiger charge is -2.08. The van der Waals surface area contributed by atoms with Gasteiger partial charge in [-0.1, -0.05) is 45.4 Å². The summed E-state index contributed by atoms with van der Waals surface area (Å²) in [4.78, 5) is 6.61. The average molecular weight is 412 g/mol. The number of hydrogen-bond donors (Lipinski definition) is 2. The zero-order valence-corrected chi connectivity index (χ0v) is 16.7. The SMILES string of the molecule is CCCCCCNC(N)=NCCCCCCCN(C)C.I. The number of halogens is 1. The highest BCUT2D eigenvalue weighted by atomic mass is 127. The van der Waals surface area contributed by atoms with Gasteiger partial charge in [0, 0.05) is 13.1 Å². The van der Waals surface area contributed by atoms with E-state index in [-0.39, 0.29) is 24.0 Å². The van der Waals surface area contributed by atoms with E-state index >= 15 is 0 Å². The van der Waals surface area contributed by atoms with Crippen LogP contribution in [-0.4, -0.2) is 44.6 Å². The van der Waals surface area contributed by atoms with Crippen LogP contribution in [0.3, 0.4) is 0 Å². The fourth-order valence-electron chi connectivity index (χ4n) is 2.09. The molecule has 0 aromatic rings. The summed E-state index contributed by atoms with van der Waals surface area (Å²) in [5.74, 6) is 0.620. The second-order valence-electron chi connectivity index (χ2n) is 5.83. The first-order chi connectivity index (χ1) is 9.66. The Labute approximate surface area is 149 Å². The number of nitrogens with two attached hydrogens (primary N) is 1. The molecule has 0 radical (unpaired) electrons. The van der Waals surface area contributed by atoms with Gasteiger partial charge in [0.2, 0.25) is 0 Å². The molecule has 0 aliphatic rings. The number of nitrogens with one attached hydrogen (secondary N) is 1. The molecule has 0 unspecified atom stereocenters. The van der Waals surface area contributed by atoms with Gasteiger partial charge in [0.1, 0.15) is 0 Å². The van der Waals surface area contributed by atoms with Gasteiger partial charge in [0.25, 0.3) is 0 Å². The van der Waals surface area contributed by atoms with Gasteiger partial charge in [0.05, 0.1) is 0 Å². The van der Waals surface area contributed by atoms with Crippen molar-refractivity contribution in [2.75, 3.05) is 33.7 Å². The molecule has 4 nitrogen and oxygen atoms in total. The van der Waals surface area contributed by atoms with E-state index in [1.54, 1.807) is 0 Å². The van der Waals surface area contributed by atoms with Crippen LogP contribution in [-0.2, 0) is 0 Å². The molecule has 0 bridgehead atoms. The number of guanidine groups is 1. The van der Waals surface area contributed by atoms with Crippen molar-refractivity contribution in [2.45, 2.75) is 64.7 Å². The van der Waals surface area contributed by atoms with Gasteiger partial charge in [-0.2, -0.15) is 0 Å². The molecule has 0 saturated heterocycles. The third-order valence-corrected chi connectivity index (χ3v) is 3.38. The summed E-state index contributed by atoms with van der Waals surface area (Å²) in [5.41, 5.74) is 5.82. The Morgan fingerprint density at radius 2 is 1.57 bits per heavy atom. The second kappa shape index (κ2) is 18.0. The predicted octanol–water partition coefficient (Wildman–Crippen LogP) is 3.60. The minimum atomic E-state index is 0. The number of rotatable bonds is 13. The molecule has 0 aliphatic heterocycles. The zero-order chi connectivity index (χ0) is 15.1. The first-order valence-electron chi connectivity index (χ1n) is 8.35. The Kier molecular flexibility index (Phi) is 19.9. The Bertz CT molecular complexity index is 232. The molecular formula is C16H37IN4. The third kappa shape index (κ3) is 20.0. The third-order valence-electron chi connectivity index (χ3n) is 3.38. The van der Waals surface area contributed by atoms with Gasteiger partial charge in [-0.25, -0.2) is 0 Å². The van der Waals surface area contributed by atoms with Crippen molar-refractivity contribution in [1.29, 1.82) is 0 Å². The Hall–Kier alpha value is -0.0400. The zero-order valence-electron chi connectivity index (χ0n) is 14.4. The van der Waals surface area contributed by atoms with Crippen LogP contribution in [0.5, 0.6) is 0 Å². The van der Waals surface area contributed by atoms with E-state index in [0.717, 1.165) is 19.5 Å². The molecule has 5 heteroatoms. The summed E-state index contributed by atoms with van der Waals surface area (Å²) < 4.78 is 0. The molecule has 0 spiro atoms. The highest BCUT2D eigenvalue weighted by molar-refractivity contribution is 14.0. The number of aliphatic imine (C=N–C) groups is 1. The van der Waals surface area contributed by atoms with Gasteiger partial charge < -0.3 is 16.0 Å². The monoisotopic (exact) mass is 412 g/mol. The van der Waals surface area contributed by atoms with E-state index in [0.29, 0.717) is 5.96 Å². The molecule has 21 heavy (non-hydrogen) atoms. The molecule has 0 heterocycles. The van der Waals surface area contributed by atoms with Crippen molar-refractivity contribution in [1.82, 2.24) is 10.2 Å². The van der Waals surface area contributed by atoms with Crippen molar-refractivity contribution < 1.29 is 0 Å². The van der Waals surface area contributed by atoms with Gasteiger partial charge in [-0.15, -0.1) is 24.0 Å². The van der Waals surface area contributed by atoms with E-state index in [4.69, 9.17) is 5.73 Å². The molecule has 128 valence electrons. The van der Waals surface area contributed by atoms with Crippen molar-refractivity contribution in [3.63, 3.8) is 0 Å². The summed E-state index contributed by atoms with van der Waals surface area (Å²) in [5, 5.41) is 3.19. The van der Waals surface area contributed by atoms with Gasteiger partial charge >= 0.3 is 0 Å². The fraction of sp³-hybridized carbons (Fsp3) is 0.938. The maximum atomic E-state index is 5.82. The molecule has 0 rings (SSSR count). The highest BCUT2D eigenvalue weighted by Gasteiger charge is 1.94. The molecule has 0 saturated carbocycles. The fourth-order valence-corrected chi connectivity index (χ4v) is 2.09. The van der Waals surface area contributed by atoms with Crippen LogP contribution in [0.1, 0.15) is 64.7 Å². The second-order valence-corrected chi connectivity index (χ2v) is 5.83. The lowest BCUT2D eigenvalue weighted by Crippen LogP contribution is -2.32. The van der Waals surface area contributed by atoms with Crippen LogP contribution in [0, 0.1) is 0 Å². The van der Waals surface area contributed by atoms with Gasteiger partial charge in [-0.05, 0) is 39.9 Å². The van der Waals surface area contributed by atoms with E-state index in [2.05, 4.69) is 36.2 Å². The van der Waals surface area contributed by atoms with Crippen LogP contribution >= 0.6 is 24.0 Å². The lowest BCUT2D eigenvalue weighted by molar-refractivity contribution is 0.390. The molecule has 0 atom stereocenters. The predicted molar refractivity (Wildman–Crippen MR) is 106 cm³/mol. The van der Waals surface area contributed by atoms with Crippen LogP contribution < -0.4 is 11.1 Å². The number of unbranched alkanes of at least 4 members (excludes halogenated alkanes) is 7. The minimum absolute atomic E-state index is 0. The molecular weight excluding hydrogens is 375 g/mol. The first kappa shape index (κ1) is 23.2. The van der Waals surface area contributed by atoms with Crippen LogP contribution in [0.2, 0.25) is 0 Å². The van der Waals surface area contributed by atoms with Gasteiger partial charge in [-0.3, -0.25) is 4.99 Å². The summed E-state index contributed by atoms with van der Waals surface area (Å²) in [6.07, 6.45) is 11.4. The summed E-state index contributed by atoms with van der Waals surface area (Å²) in [7, 11) is 4.26. The smallest absolute Gasteiger partial charge is 0.188 e. The maximum Gasteiger partial charge on any atom is 0.188 e. The molecule has 0 aliphatic carbocycles. The van der Waals surface area contributed by atoms with Crippen LogP contribution in [0.25, 0.3) is 0 Å². The lowest BCUT2D eigenvalue weighted by atomic mass is 10.1. The van der Waals surface area contributed by atoms with Crippen molar-refractivity contribution in [2.24, 2.45) is 10.7 Å². The topological polar surface area (TPSA) is 53.6 Å². The summed E-state index contributed by atoms with van der Waals surface area (Å²) in [6.45, 7) is 5.25. The summed E-state index contributed by atoms with van der Waals surface area (Å²) >= 11 is 0. The van der Waals surface area contributed by atoms with Crippen LogP contribution in [0.4, 0.5) is 0 Å². The Balaban J connectivity index is 0. The summed E-state index contributed by atoms with van der Waals surface area (Å²) in [6, 6.07) is 0. The normalized spacial score (nSPS) is 11.5. The Morgan fingerprint density at radius 3 is 2.24 bits per heavy atom. The van der Waals surface area contributed by atoms with Gasteiger partial charge in [0.15, 0.2) is 5.96 Å². The number of hydrogen-bond acceptors (Lipinski definition) is 2. The highest BCUT2D eigenvalue weighted by Crippen LogP contribution is 2.03. The van der Waals surface area contributed by atoms with E-state index < -0.39 is 0 Å². The largest absolute Gasteiger partial charge is 0.370 e. The molecule has 0 aromatic carbocycles.